The molecule has 150 valence electrons. The fourth-order valence-corrected chi connectivity index (χ4v) is 7.40. The Morgan fingerprint density at radius 3 is 2.61 bits per heavy atom. The Bertz CT molecular complexity index is 996. The van der Waals surface area contributed by atoms with Crippen molar-refractivity contribution in [2.75, 3.05) is 5.73 Å². The maximum atomic E-state index is 13.4. The van der Waals surface area contributed by atoms with Crippen LogP contribution < -0.4 is 11.1 Å². The van der Waals surface area contributed by atoms with E-state index in [9.17, 15) is 13.2 Å². The Kier molecular flexibility index (Phi) is 5.14. The average Bonchev–Trinajstić information content (AvgIpc) is 3.28. The predicted molar refractivity (Wildman–Crippen MR) is 110 cm³/mol. The number of halogens is 1. The molecule has 0 saturated heterocycles. The summed E-state index contributed by atoms with van der Waals surface area (Å²) in [7, 11) is -3.82. The van der Waals surface area contributed by atoms with E-state index in [1.54, 1.807) is 12.1 Å². The topological polar surface area (TPSA) is 102 Å². The van der Waals surface area contributed by atoms with Gasteiger partial charge in [0.05, 0.1) is 10.6 Å². The highest BCUT2D eigenvalue weighted by atomic mass is 35.5. The van der Waals surface area contributed by atoms with Crippen LogP contribution in [0.5, 0.6) is 0 Å². The largest absolute Gasteiger partial charge is 0.375 e. The van der Waals surface area contributed by atoms with Crippen molar-refractivity contribution in [3.8, 4) is 0 Å². The van der Waals surface area contributed by atoms with Crippen molar-refractivity contribution in [3.63, 3.8) is 0 Å². The van der Waals surface area contributed by atoms with Crippen LogP contribution in [0.15, 0.2) is 29.2 Å². The number of nitrogens with two attached hydrogens (primary N) is 1. The van der Waals surface area contributed by atoms with E-state index in [2.05, 4.69) is 10.3 Å². The van der Waals surface area contributed by atoms with E-state index in [-0.39, 0.29) is 16.8 Å². The molecule has 3 N–H and O–H groups in total. The molecule has 1 amide bonds. The van der Waals surface area contributed by atoms with E-state index >= 15 is 0 Å². The predicted octanol–water partition coefficient (Wildman–Crippen LogP) is 3.14. The van der Waals surface area contributed by atoms with Gasteiger partial charge in [0.1, 0.15) is 0 Å². The minimum atomic E-state index is -3.82. The molecule has 0 spiro atoms. The first-order valence-corrected chi connectivity index (χ1v) is 12.0. The van der Waals surface area contributed by atoms with Gasteiger partial charge < -0.3 is 11.1 Å². The quantitative estimate of drug-likeness (QED) is 0.761. The lowest BCUT2D eigenvalue weighted by molar-refractivity contribution is -0.124. The molecule has 1 aromatic heterocycles. The SMILES string of the molecule is Nc1nc2c(s1)C[C@@H](NC(=O)C1(S(=O)(=O)c3ccc(Cl)cc3)CCCC1)CC2. The molecule has 28 heavy (non-hydrogen) atoms. The summed E-state index contributed by atoms with van der Waals surface area (Å²) in [4.78, 5) is 18.8. The third-order valence-corrected chi connectivity index (χ3v) is 9.47. The van der Waals surface area contributed by atoms with Crippen molar-refractivity contribution in [3.05, 3.63) is 39.9 Å². The molecule has 2 aliphatic rings. The van der Waals surface area contributed by atoms with Crippen molar-refractivity contribution in [1.82, 2.24) is 10.3 Å². The molecule has 0 aliphatic heterocycles. The number of aromatic nitrogens is 1. The Hall–Kier alpha value is -1.64. The lowest BCUT2D eigenvalue weighted by Gasteiger charge is -2.31. The third kappa shape index (κ3) is 3.31. The molecule has 1 atom stereocenters. The minimum absolute atomic E-state index is 0.0993. The third-order valence-electron chi connectivity index (χ3n) is 5.75. The number of aryl methyl sites for hydroxylation is 1. The number of sulfone groups is 1. The zero-order valence-electron chi connectivity index (χ0n) is 15.3. The summed E-state index contributed by atoms with van der Waals surface area (Å²) in [6.07, 6.45) is 4.25. The van der Waals surface area contributed by atoms with Crippen molar-refractivity contribution < 1.29 is 13.2 Å². The van der Waals surface area contributed by atoms with Crippen LogP contribution in [0.4, 0.5) is 5.13 Å². The van der Waals surface area contributed by atoms with Gasteiger partial charge in [-0.25, -0.2) is 13.4 Å². The highest BCUT2D eigenvalue weighted by molar-refractivity contribution is 7.93. The highest BCUT2D eigenvalue weighted by Crippen LogP contribution is 2.41. The Labute approximate surface area is 173 Å². The van der Waals surface area contributed by atoms with E-state index in [1.165, 1.54) is 23.5 Å². The number of anilines is 1. The summed E-state index contributed by atoms with van der Waals surface area (Å²) >= 11 is 7.34. The number of rotatable bonds is 4. The molecule has 0 unspecified atom stereocenters. The molecular formula is C19H22ClN3O3S2. The molecule has 1 saturated carbocycles. The number of nitrogens with one attached hydrogen (secondary N) is 1. The fraction of sp³-hybridized carbons (Fsp3) is 0.474. The van der Waals surface area contributed by atoms with Crippen LogP contribution in [0.25, 0.3) is 0 Å². The van der Waals surface area contributed by atoms with Crippen LogP contribution in [0.3, 0.4) is 0 Å². The van der Waals surface area contributed by atoms with Gasteiger partial charge in [-0.2, -0.15) is 0 Å². The lowest BCUT2D eigenvalue weighted by atomic mass is 9.96. The van der Waals surface area contributed by atoms with E-state index in [1.807, 2.05) is 0 Å². The van der Waals surface area contributed by atoms with E-state index < -0.39 is 14.6 Å². The number of hydrogen-bond acceptors (Lipinski definition) is 6. The Balaban J connectivity index is 1.59. The average molecular weight is 440 g/mol. The van der Waals surface area contributed by atoms with Crippen LogP contribution >= 0.6 is 22.9 Å². The van der Waals surface area contributed by atoms with Crippen LogP contribution in [0, 0.1) is 0 Å². The second-order valence-corrected chi connectivity index (χ2v) is 11.3. The van der Waals surface area contributed by atoms with Gasteiger partial charge in [-0.15, -0.1) is 11.3 Å². The Morgan fingerprint density at radius 2 is 1.93 bits per heavy atom. The number of nitrogen functional groups attached to an aromatic ring is 1. The van der Waals surface area contributed by atoms with E-state index in [0.29, 0.717) is 29.4 Å². The number of carbonyl (C=O) groups excluding carboxylic acids is 1. The number of fused-ring (bicyclic) bond motifs is 1. The van der Waals surface area contributed by atoms with Crippen molar-refractivity contribution >= 4 is 43.8 Å². The van der Waals surface area contributed by atoms with Gasteiger partial charge in [0.2, 0.25) is 5.91 Å². The number of nitrogens with zero attached hydrogens (tertiary/aromatic N) is 1. The van der Waals surface area contributed by atoms with Gasteiger partial charge >= 0.3 is 0 Å². The molecule has 6 nitrogen and oxygen atoms in total. The first-order valence-electron chi connectivity index (χ1n) is 9.37. The van der Waals surface area contributed by atoms with Gasteiger partial charge in [-0.3, -0.25) is 4.79 Å². The number of benzene rings is 1. The van der Waals surface area contributed by atoms with Crippen LogP contribution in [0.1, 0.15) is 42.7 Å². The second-order valence-electron chi connectivity index (χ2n) is 7.49. The highest BCUT2D eigenvalue weighted by Gasteiger charge is 2.53. The van der Waals surface area contributed by atoms with E-state index in [0.717, 1.165) is 36.3 Å². The summed E-state index contributed by atoms with van der Waals surface area (Å²) in [6, 6.07) is 5.96. The molecule has 2 aromatic rings. The normalized spacial score (nSPS) is 21.2. The molecule has 2 aliphatic carbocycles. The van der Waals surface area contributed by atoms with Gasteiger partial charge in [-0.05, 0) is 49.9 Å². The summed E-state index contributed by atoms with van der Waals surface area (Å²) in [5, 5.41) is 4.03. The number of thiazole rings is 1. The Morgan fingerprint density at radius 1 is 1.25 bits per heavy atom. The van der Waals surface area contributed by atoms with Gasteiger partial charge in [0.15, 0.2) is 19.7 Å². The molecule has 4 rings (SSSR count). The first-order chi connectivity index (χ1) is 13.3. The molecular weight excluding hydrogens is 418 g/mol. The standard InChI is InChI=1S/C19H22ClN3O3S2/c20-12-3-6-14(7-4-12)28(25,26)19(9-1-2-10-19)17(24)22-13-5-8-15-16(11-13)27-18(21)23-15/h3-4,6-7,13H,1-2,5,8-11H2,(H2,21,23)(H,22,24)/t13-/m0/s1. The molecule has 1 heterocycles. The van der Waals surface area contributed by atoms with Gasteiger partial charge in [0, 0.05) is 22.4 Å². The zero-order valence-corrected chi connectivity index (χ0v) is 17.7. The van der Waals surface area contributed by atoms with E-state index in [4.69, 9.17) is 17.3 Å². The van der Waals surface area contributed by atoms with Crippen LogP contribution in [0.2, 0.25) is 5.02 Å². The number of hydrogen-bond donors (Lipinski definition) is 2. The smallest absolute Gasteiger partial charge is 0.242 e. The van der Waals surface area contributed by atoms with Crippen LogP contribution in [-0.4, -0.2) is 30.1 Å². The van der Waals surface area contributed by atoms with Gasteiger partial charge in [0.25, 0.3) is 0 Å². The van der Waals surface area contributed by atoms with Gasteiger partial charge in [-0.1, -0.05) is 24.4 Å². The summed E-state index contributed by atoms with van der Waals surface area (Å²) in [6.45, 7) is 0. The van der Waals surface area contributed by atoms with Crippen molar-refractivity contribution in [2.45, 2.75) is 60.6 Å². The second kappa shape index (κ2) is 7.31. The maximum absolute atomic E-state index is 13.4. The number of carbonyl (C=O) groups is 1. The summed E-state index contributed by atoms with van der Waals surface area (Å²) in [5.41, 5.74) is 6.79. The summed E-state index contributed by atoms with van der Waals surface area (Å²) in [5.74, 6) is -0.383. The van der Waals surface area contributed by atoms with Crippen LogP contribution in [-0.2, 0) is 27.5 Å². The molecule has 0 bridgehead atoms. The maximum Gasteiger partial charge on any atom is 0.242 e. The molecule has 1 aromatic carbocycles. The van der Waals surface area contributed by atoms with Crippen molar-refractivity contribution in [1.29, 1.82) is 0 Å². The van der Waals surface area contributed by atoms with Crippen molar-refractivity contribution in [2.24, 2.45) is 0 Å². The monoisotopic (exact) mass is 439 g/mol. The first kappa shape index (κ1) is 19.7. The zero-order chi connectivity index (χ0) is 19.9. The molecule has 1 fully saturated rings. The molecule has 9 heteroatoms. The fourth-order valence-electron chi connectivity index (χ4n) is 4.24. The molecule has 0 radical (unpaired) electrons. The minimum Gasteiger partial charge on any atom is -0.375 e. The summed E-state index contributed by atoms with van der Waals surface area (Å²) < 4.78 is 25.4. The number of amides is 1. The lowest BCUT2D eigenvalue weighted by Crippen LogP contribution is -2.54.